The summed E-state index contributed by atoms with van der Waals surface area (Å²) < 4.78 is 0. The Kier molecular flexibility index (Phi) is 5.51. The minimum Gasteiger partial charge on any atom is -0.192 e. The molecule has 0 bridgehead atoms. The van der Waals surface area contributed by atoms with E-state index in [-0.39, 0.29) is 0 Å². The minimum atomic E-state index is -0.549. The number of hydrogen-bond acceptors (Lipinski definition) is 2. The van der Waals surface area contributed by atoms with Crippen LogP contribution in [0.25, 0.3) is 45.5 Å². The van der Waals surface area contributed by atoms with Gasteiger partial charge < -0.3 is 0 Å². The van der Waals surface area contributed by atoms with Crippen LogP contribution in [-0.2, 0) is 5.41 Å². The SMILES string of the molecule is N#Cc1ccc(-c2ccc3c(c2)C2(c4cc(-c5ccc(C#N)cc5)ccc4C=C3)c3ccccc3-c3ccccc32)cc1. The predicted molar refractivity (Wildman–Crippen MR) is 173 cm³/mol. The quantitative estimate of drug-likeness (QED) is 0.217. The highest BCUT2D eigenvalue weighted by Gasteiger charge is 2.48. The molecule has 2 aliphatic carbocycles. The molecule has 0 atom stereocenters. The summed E-state index contributed by atoms with van der Waals surface area (Å²) in [4.78, 5) is 0. The molecule has 2 aliphatic rings. The van der Waals surface area contributed by atoms with E-state index in [2.05, 4.69) is 109 Å². The van der Waals surface area contributed by atoms with Crippen molar-refractivity contribution in [2.24, 2.45) is 0 Å². The maximum Gasteiger partial charge on any atom is 0.0991 e. The lowest BCUT2D eigenvalue weighted by Gasteiger charge is -2.36. The zero-order valence-corrected chi connectivity index (χ0v) is 23.3. The highest BCUT2D eigenvalue weighted by atomic mass is 14.5. The fourth-order valence-electron chi connectivity index (χ4n) is 7.03. The van der Waals surface area contributed by atoms with Crippen molar-refractivity contribution < 1.29 is 0 Å². The summed E-state index contributed by atoms with van der Waals surface area (Å²) >= 11 is 0. The third-order valence-corrected chi connectivity index (χ3v) is 9.00. The lowest BCUT2D eigenvalue weighted by Crippen LogP contribution is -2.30. The van der Waals surface area contributed by atoms with Crippen LogP contribution >= 0.6 is 0 Å². The summed E-state index contributed by atoms with van der Waals surface area (Å²) in [5, 5.41) is 18.7. The number of hydrogen-bond donors (Lipinski definition) is 0. The minimum absolute atomic E-state index is 0.549. The number of fused-ring (bicyclic) bond motifs is 9. The predicted octanol–water partition coefficient (Wildman–Crippen LogP) is 9.61. The van der Waals surface area contributed by atoms with Crippen molar-refractivity contribution in [3.8, 4) is 45.5 Å². The summed E-state index contributed by atoms with van der Waals surface area (Å²) in [5.41, 5.74) is 15.0. The molecule has 0 aliphatic heterocycles. The lowest BCUT2D eigenvalue weighted by molar-refractivity contribution is 0.767. The molecule has 0 unspecified atom stereocenters. The highest BCUT2D eigenvalue weighted by Crippen LogP contribution is 2.59. The molecule has 8 rings (SSSR count). The van der Waals surface area contributed by atoms with Crippen LogP contribution in [0.2, 0.25) is 0 Å². The normalized spacial score (nSPS) is 13.2. The molecule has 2 nitrogen and oxygen atoms in total. The number of nitriles is 2. The maximum absolute atomic E-state index is 9.37. The fourth-order valence-corrected chi connectivity index (χ4v) is 7.03. The van der Waals surface area contributed by atoms with Gasteiger partial charge in [0.2, 0.25) is 0 Å². The van der Waals surface area contributed by atoms with Crippen LogP contribution in [0, 0.1) is 22.7 Å². The number of benzene rings is 6. The van der Waals surface area contributed by atoms with Gasteiger partial charge in [0.05, 0.1) is 28.7 Å². The van der Waals surface area contributed by atoms with Crippen LogP contribution in [0.4, 0.5) is 0 Å². The van der Waals surface area contributed by atoms with Gasteiger partial charge in [0.1, 0.15) is 0 Å². The van der Waals surface area contributed by atoms with Crippen molar-refractivity contribution >= 4 is 12.2 Å². The standard InChI is InChI=1S/C41H24N2/c42-25-27-9-13-29(14-10-27)33-21-19-31-17-18-32-20-22-34(30-15-11-28(26-43)12-16-30)24-40(32)41(39(31)23-33)37-7-3-1-5-35(37)36-6-2-4-8-38(36)41/h1-24H. The molecular formula is C41H24N2. The van der Waals surface area contributed by atoms with Gasteiger partial charge in [-0.3, -0.25) is 0 Å². The first-order valence-electron chi connectivity index (χ1n) is 14.4. The second-order valence-corrected chi connectivity index (χ2v) is 11.2. The molecule has 0 amide bonds. The van der Waals surface area contributed by atoms with E-state index in [1.807, 2.05) is 48.5 Å². The monoisotopic (exact) mass is 544 g/mol. The van der Waals surface area contributed by atoms with Crippen molar-refractivity contribution in [3.05, 3.63) is 178 Å². The lowest BCUT2D eigenvalue weighted by atomic mass is 9.65. The third kappa shape index (κ3) is 3.64. The number of rotatable bonds is 2. The van der Waals surface area contributed by atoms with Gasteiger partial charge in [-0.2, -0.15) is 10.5 Å². The Labute approximate surface area is 251 Å². The van der Waals surface area contributed by atoms with E-state index < -0.39 is 5.41 Å². The van der Waals surface area contributed by atoms with Crippen LogP contribution in [0.5, 0.6) is 0 Å². The van der Waals surface area contributed by atoms with Gasteiger partial charge in [0.25, 0.3) is 0 Å². The second kappa shape index (κ2) is 9.56. The van der Waals surface area contributed by atoms with Crippen molar-refractivity contribution in [1.82, 2.24) is 0 Å². The van der Waals surface area contributed by atoms with E-state index in [1.54, 1.807) is 0 Å². The summed E-state index contributed by atoms with van der Waals surface area (Å²) in [7, 11) is 0. The second-order valence-electron chi connectivity index (χ2n) is 11.2. The van der Waals surface area contributed by atoms with Crippen molar-refractivity contribution in [2.45, 2.75) is 5.41 Å². The molecule has 198 valence electrons. The van der Waals surface area contributed by atoms with E-state index in [0.29, 0.717) is 11.1 Å². The summed E-state index contributed by atoms with van der Waals surface area (Å²) in [5.74, 6) is 0. The van der Waals surface area contributed by atoms with Crippen LogP contribution in [0.1, 0.15) is 44.5 Å². The van der Waals surface area contributed by atoms with Crippen LogP contribution in [-0.4, -0.2) is 0 Å². The van der Waals surface area contributed by atoms with Crippen molar-refractivity contribution in [1.29, 1.82) is 10.5 Å². The Morgan fingerprint density at radius 1 is 0.395 bits per heavy atom. The van der Waals surface area contributed by atoms with E-state index in [0.717, 1.165) is 22.3 Å². The summed E-state index contributed by atoms with van der Waals surface area (Å²) in [6.07, 6.45) is 4.49. The Balaban J connectivity index is 1.46. The first-order chi connectivity index (χ1) is 21.2. The van der Waals surface area contributed by atoms with E-state index in [9.17, 15) is 10.5 Å². The average molecular weight is 545 g/mol. The van der Waals surface area contributed by atoms with Gasteiger partial charge >= 0.3 is 0 Å². The third-order valence-electron chi connectivity index (χ3n) is 9.00. The average Bonchev–Trinajstić information content (AvgIpc) is 3.29. The zero-order chi connectivity index (χ0) is 29.0. The molecule has 0 aromatic heterocycles. The van der Waals surface area contributed by atoms with Crippen molar-refractivity contribution in [2.75, 3.05) is 0 Å². The largest absolute Gasteiger partial charge is 0.192 e. The molecule has 6 aromatic rings. The smallest absolute Gasteiger partial charge is 0.0991 e. The fraction of sp³-hybridized carbons (Fsp3) is 0.0244. The first-order valence-corrected chi connectivity index (χ1v) is 14.4. The van der Waals surface area contributed by atoms with Gasteiger partial charge in [-0.25, -0.2) is 0 Å². The molecule has 43 heavy (non-hydrogen) atoms. The summed E-state index contributed by atoms with van der Waals surface area (Å²) in [6.45, 7) is 0. The molecule has 0 radical (unpaired) electrons. The maximum atomic E-state index is 9.37. The molecule has 2 heteroatoms. The molecular weight excluding hydrogens is 520 g/mol. The Hall–Kier alpha value is -5.96. The Bertz CT molecular complexity index is 2030. The molecule has 0 saturated carbocycles. The van der Waals surface area contributed by atoms with Crippen molar-refractivity contribution in [3.63, 3.8) is 0 Å². The van der Waals surface area contributed by atoms with Crippen LogP contribution in [0.3, 0.4) is 0 Å². The first kappa shape index (κ1) is 24.8. The topological polar surface area (TPSA) is 47.6 Å². The molecule has 1 spiro atoms. The van der Waals surface area contributed by atoms with Crippen LogP contribution < -0.4 is 0 Å². The van der Waals surface area contributed by atoms with Gasteiger partial charge in [-0.1, -0.05) is 109 Å². The van der Waals surface area contributed by atoms with Crippen LogP contribution in [0.15, 0.2) is 133 Å². The Morgan fingerprint density at radius 3 is 1.21 bits per heavy atom. The van der Waals surface area contributed by atoms with Gasteiger partial charge in [-0.15, -0.1) is 0 Å². The zero-order valence-electron chi connectivity index (χ0n) is 23.3. The summed E-state index contributed by atoms with van der Waals surface area (Å²) in [6, 6.07) is 51.3. The molecule has 0 N–H and O–H groups in total. The van der Waals surface area contributed by atoms with E-state index >= 15 is 0 Å². The van der Waals surface area contributed by atoms with Gasteiger partial charge in [0, 0.05) is 0 Å². The number of nitrogens with zero attached hydrogens (tertiary/aromatic N) is 2. The molecule has 0 fully saturated rings. The van der Waals surface area contributed by atoms with Gasteiger partial charge in [-0.05, 0) is 103 Å². The van der Waals surface area contributed by atoms with E-state index in [4.69, 9.17) is 0 Å². The van der Waals surface area contributed by atoms with Gasteiger partial charge in [0.15, 0.2) is 0 Å². The van der Waals surface area contributed by atoms with E-state index in [1.165, 1.54) is 44.5 Å². The molecule has 0 saturated heterocycles. The Morgan fingerprint density at radius 2 is 0.791 bits per heavy atom. The molecule has 6 aromatic carbocycles. The highest BCUT2D eigenvalue weighted by molar-refractivity contribution is 5.92. The molecule has 0 heterocycles.